The van der Waals surface area contributed by atoms with E-state index in [2.05, 4.69) is 6.92 Å². The van der Waals surface area contributed by atoms with Crippen molar-refractivity contribution in [1.29, 1.82) is 0 Å². The second-order valence-corrected chi connectivity index (χ2v) is 13.0. The number of Topliss-reactive ketones (excluding diaryl/α,β-unsaturated/α-hetero) is 2. The fourth-order valence-electron chi connectivity index (χ4n) is 5.41. The van der Waals surface area contributed by atoms with Crippen molar-refractivity contribution in [3.8, 4) is 0 Å². The summed E-state index contributed by atoms with van der Waals surface area (Å²) in [4.78, 5) is 30.6. The number of hydrogen-bond donors (Lipinski definition) is 0. The lowest BCUT2D eigenvalue weighted by atomic mass is 9.90. The molecule has 2 saturated heterocycles. The molecule has 0 aromatic heterocycles. The van der Waals surface area contributed by atoms with Crippen LogP contribution in [0.4, 0.5) is 0 Å². The van der Waals surface area contributed by atoms with Gasteiger partial charge >= 0.3 is 0 Å². The summed E-state index contributed by atoms with van der Waals surface area (Å²) in [5, 5.41) is 0. The molecule has 4 rings (SSSR count). The molecule has 204 valence electrons. The molecule has 1 aromatic carbocycles. The maximum atomic E-state index is 13.5. The number of unbranched alkanes of at least 4 members (excludes halogenated alkanes) is 13. The lowest BCUT2D eigenvalue weighted by Crippen LogP contribution is -2.31. The third kappa shape index (κ3) is 7.24. The van der Waals surface area contributed by atoms with Gasteiger partial charge in [0.1, 0.15) is 11.4 Å². The average molecular weight is 529 g/mol. The van der Waals surface area contributed by atoms with E-state index in [1.807, 2.05) is 9.80 Å². The smallest absolute Gasteiger partial charge is 0.213 e. The summed E-state index contributed by atoms with van der Waals surface area (Å²) in [6, 6.07) is 4.71. The van der Waals surface area contributed by atoms with Crippen LogP contribution in [0.1, 0.15) is 118 Å². The molecular formula is C30H44N2O4S. The predicted octanol–water partition coefficient (Wildman–Crippen LogP) is 6.16. The summed E-state index contributed by atoms with van der Waals surface area (Å²) in [6.07, 6.45) is 16.9. The van der Waals surface area contributed by atoms with Gasteiger partial charge in [0.2, 0.25) is 11.6 Å². The summed E-state index contributed by atoms with van der Waals surface area (Å²) in [6.45, 7) is 5.24. The first kappa shape index (κ1) is 27.9. The topological polar surface area (TPSA) is 74.3 Å². The van der Waals surface area contributed by atoms with E-state index < -0.39 is 9.84 Å². The fourth-order valence-corrected chi connectivity index (χ4v) is 7.01. The van der Waals surface area contributed by atoms with E-state index >= 15 is 0 Å². The molecule has 0 unspecified atom stereocenters. The quantitative estimate of drug-likeness (QED) is 0.168. The van der Waals surface area contributed by atoms with Gasteiger partial charge in [-0.05, 0) is 12.5 Å². The van der Waals surface area contributed by atoms with Gasteiger partial charge in [-0.1, -0.05) is 103 Å². The van der Waals surface area contributed by atoms with Gasteiger partial charge in [0.15, 0.2) is 9.84 Å². The maximum Gasteiger partial charge on any atom is 0.213 e. The molecule has 0 amide bonds. The first-order valence-corrected chi connectivity index (χ1v) is 16.3. The number of carbonyl (C=O) groups excluding carboxylic acids is 2. The van der Waals surface area contributed by atoms with Crippen LogP contribution in [0.5, 0.6) is 0 Å². The number of rotatable bonds is 18. The average Bonchev–Trinajstić information content (AvgIpc) is 3.80. The van der Waals surface area contributed by atoms with E-state index in [0.29, 0.717) is 17.8 Å². The second kappa shape index (κ2) is 13.1. The van der Waals surface area contributed by atoms with Gasteiger partial charge in [-0.15, -0.1) is 0 Å². The van der Waals surface area contributed by atoms with Crippen LogP contribution in [0.15, 0.2) is 34.5 Å². The zero-order chi connectivity index (χ0) is 26.3. The summed E-state index contributed by atoms with van der Waals surface area (Å²) in [5.41, 5.74) is 1.18. The van der Waals surface area contributed by atoms with Gasteiger partial charge in [0.05, 0.1) is 16.2 Å². The molecule has 0 N–H and O–H groups in total. The number of allylic oxidation sites excluding steroid dienone is 2. The minimum absolute atomic E-state index is 0.0186. The monoisotopic (exact) mass is 528 g/mol. The number of sulfone groups is 1. The van der Waals surface area contributed by atoms with Gasteiger partial charge < -0.3 is 9.80 Å². The highest BCUT2D eigenvalue weighted by atomic mass is 32.2. The molecule has 0 bridgehead atoms. The van der Waals surface area contributed by atoms with Gasteiger partial charge in [0.25, 0.3) is 0 Å². The van der Waals surface area contributed by atoms with E-state index in [-0.39, 0.29) is 33.3 Å². The second-order valence-electron chi connectivity index (χ2n) is 10.9. The van der Waals surface area contributed by atoms with Crippen molar-refractivity contribution in [3.05, 3.63) is 40.7 Å². The molecule has 1 aromatic rings. The van der Waals surface area contributed by atoms with Crippen LogP contribution in [0.25, 0.3) is 0 Å². The van der Waals surface area contributed by atoms with Gasteiger partial charge in [-0.2, -0.15) is 0 Å². The predicted molar refractivity (Wildman–Crippen MR) is 148 cm³/mol. The minimum atomic E-state index is -3.65. The highest BCUT2D eigenvalue weighted by molar-refractivity contribution is 7.91. The number of carbonyl (C=O) groups is 2. The number of nitrogens with zero attached hydrogens (tertiary/aromatic N) is 2. The molecule has 2 aliphatic heterocycles. The third-order valence-electron chi connectivity index (χ3n) is 7.78. The van der Waals surface area contributed by atoms with E-state index in [4.69, 9.17) is 0 Å². The summed E-state index contributed by atoms with van der Waals surface area (Å²) < 4.78 is 26.6. The van der Waals surface area contributed by atoms with Crippen LogP contribution in [0.3, 0.4) is 0 Å². The Morgan fingerprint density at radius 2 is 1.11 bits per heavy atom. The van der Waals surface area contributed by atoms with Crippen molar-refractivity contribution < 1.29 is 18.0 Å². The number of benzene rings is 1. The largest absolute Gasteiger partial charge is 0.363 e. The molecule has 7 heteroatoms. The molecule has 37 heavy (non-hydrogen) atoms. The molecular weight excluding hydrogens is 484 g/mol. The van der Waals surface area contributed by atoms with E-state index in [0.717, 1.165) is 45.4 Å². The van der Waals surface area contributed by atoms with E-state index in [9.17, 15) is 18.0 Å². The molecule has 0 radical (unpaired) electrons. The van der Waals surface area contributed by atoms with E-state index in [1.165, 1.54) is 70.3 Å². The van der Waals surface area contributed by atoms with Crippen molar-refractivity contribution in [2.45, 2.75) is 102 Å². The summed E-state index contributed by atoms with van der Waals surface area (Å²) >= 11 is 0. The van der Waals surface area contributed by atoms with Crippen LogP contribution in [0.2, 0.25) is 0 Å². The SMILES string of the molecule is CCCCCCCCCCCCCCCCS(=O)(=O)c1cccc2c1C(=O)C(N1CC1)=C(N1CC1)C2=O. The van der Waals surface area contributed by atoms with Crippen LogP contribution < -0.4 is 0 Å². The number of hydrogen-bond acceptors (Lipinski definition) is 6. The van der Waals surface area contributed by atoms with Crippen molar-refractivity contribution in [2.24, 2.45) is 0 Å². The standard InChI is InChI=1S/C30H44N2O4S/c1-2-3-4-5-6-7-8-9-10-11-12-13-14-15-23-37(35,36)25-18-16-17-24-26(25)30(34)28(32-21-22-32)27(29(24)33)31-19-20-31/h16-18H,2-15,19-23H2,1H3. The molecule has 0 atom stereocenters. The Bertz CT molecular complexity index is 1100. The van der Waals surface area contributed by atoms with Crippen molar-refractivity contribution in [2.75, 3.05) is 31.9 Å². The lowest BCUT2D eigenvalue weighted by Gasteiger charge is -2.24. The van der Waals surface area contributed by atoms with Crippen LogP contribution in [0, 0.1) is 0 Å². The molecule has 0 spiro atoms. The Labute approximate surface area is 223 Å². The van der Waals surface area contributed by atoms with Gasteiger partial charge in [-0.25, -0.2) is 8.42 Å². The molecule has 2 fully saturated rings. The maximum absolute atomic E-state index is 13.5. The van der Waals surface area contributed by atoms with Crippen molar-refractivity contribution >= 4 is 21.4 Å². The molecule has 2 heterocycles. The Morgan fingerprint density at radius 1 is 0.649 bits per heavy atom. The number of ketones is 2. The lowest BCUT2D eigenvalue weighted by molar-refractivity contribution is 0.0943. The zero-order valence-electron chi connectivity index (χ0n) is 22.6. The highest BCUT2D eigenvalue weighted by Gasteiger charge is 2.44. The van der Waals surface area contributed by atoms with Crippen molar-refractivity contribution in [3.63, 3.8) is 0 Å². The van der Waals surface area contributed by atoms with Crippen LogP contribution >= 0.6 is 0 Å². The molecule has 1 aliphatic carbocycles. The van der Waals surface area contributed by atoms with E-state index in [1.54, 1.807) is 12.1 Å². The minimum Gasteiger partial charge on any atom is -0.363 e. The third-order valence-corrected chi connectivity index (χ3v) is 9.62. The fraction of sp³-hybridized carbons (Fsp3) is 0.667. The molecule has 3 aliphatic rings. The summed E-state index contributed by atoms with van der Waals surface area (Å²) in [7, 11) is -3.65. The van der Waals surface area contributed by atoms with Crippen molar-refractivity contribution in [1.82, 2.24) is 9.80 Å². The van der Waals surface area contributed by atoms with Gasteiger partial charge in [-0.3, -0.25) is 9.59 Å². The Kier molecular flexibility index (Phi) is 9.85. The summed E-state index contributed by atoms with van der Waals surface area (Å²) in [5.74, 6) is -0.512. The normalized spacial score (nSPS) is 17.0. The first-order valence-electron chi connectivity index (χ1n) is 14.6. The first-order chi connectivity index (χ1) is 18.0. The highest BCUT2D eigenvalue weighted by Crippen LogP contribution is 2.38. The van der Waals surface area contributed by atoms with Crippen LogP contribution in [-0.4, -0.2) is 61.7 Å². The number of fused-ring (bicyclic) bond motifs is 1. The van der Waals surface area contributed by atoms with Crippen LogP contribution in [-0.2, 0) is 9.84 Å². The Hall–Kier alpha value is -2.15. The Balaban J connectivity index is 1.22. The molecule has 6 nitrogen and oxygen atoms in total. The van der Waals surface area contributed by atoms with Gasteiger partial charge in [0, 0.05) is 31.7 Å². The molecule has 0 saturated carbocycles. The zero-order valence-corrected chi connectivity index (χ0v) is 23.4. The Morgan fingerprint density at radius 3 is 1.59 bits per heavy atom.